The van der Waals surface area contributed by atoms with Crippen LogP contribution < -0.4 is 10.6 Å². The van der Waals surface area contributed by atoms with Crippen molar-refractivity contribution < 1.29 is 0 Å². The van der Waals surface area contributed by atoms with Crippen LogP contribution in [0.25, 0.3) is 11.0 Å². The minimum absolute atomic E-state index is 0.553. The van der Waals surface area contributed by atoms with Gasteiger partial charge in [0.2, 0.25) is 5.95 Å². The number of aromatic amines is 1. The molecule has 1 aliphatic carbocycles. The molecule has 1 saturated carbocycles. The van der Waals surface area contributed by atoms with Gasteiger partial charge in [0, 0.05) is 13.1 Å². The second-order valence-corrected chi connectivity index (χ2v) is 4.43. The van der Waals surface area contributed by atoms with Gasteiger partial charge in [-0.1, -0.05) is 13.3 Å². The van der Waals surface area contributed by atoms with Crippen molar-refractivity contribution in [3.8, 4) is 0 Å². The number of nitrogens with zero attached hydrogens (tertiary/aromatic N) is 3. The van der Waals surface area contributed by atoms with E-state index in [1.165, 1.54) is 12.8 Å². The quantitative estimate of drug-likeness (QED) is 0.746. The highest BCUT2D eigenvalue weighted by molar-refractivity contribution is 5.87. The van der Waals surface area contributed by atoms with Gasteiger partial charge in [0.1, 0.15) is 5.82 Å². The predicted octanol–water partition coefficient (Wildman–Crippen LogP) is 1.60. The molecule has 0 aliphatic heterocycles. The van der Waals surface area contributed by atoms with E-state index in [2.05, 4.69) is 37.7 Å². The minimum atomic E-state index is 0.553. The summed E-state index contributed by atoms with van der Waals surface area (Å²) in [6, 6.07) is 0.553. The van der Waals surface area contributed by atoms with Gasteiger partial charge in [-0.25, -0.2) is 0 Å². The molecule has 1 fully saturated rings. The van der Waals surface area contributed by atoms with Crippen LogP contribution in [0.2, 0.25) is 0 Å². The first-order chi connectivity index (χ1) is 8.31. The molecule has 90 valence electrons. The Morgan fingerprint density at radius 3 is 3.06 bits per heavy atom. The highest BCUT2D eigenvalue weighted by atomic mass is 15.2. The van der Waals surface area contributed by atoms with Crippen LogP contribution in [-0.4, -0.2) is 33.3 Å². The number of hydrogen-bond donors (Lipinski definition) is 3. The Morgan fingerprint density at radius 1 is 1.47 bits per heavy atom. The third kappa shape index (κ3) is 1.79. The summed E-state index contributed by atoms with van der Waals surface area (Å²) < 4.78 is 0. The molecule has 0 amide bonds. The van der Waals surface area contributed by atoms with E-state index in [1.54, 1.807) is 6.20 Å². The lowest BCUT2D eigenvalue weighted by atomic mass is 10.3. The summed E-state index contributed by atoms with van der Waals surface area (Å²) in [5.41, 5.74) is 0.764. The van der Waals surface area contributed by atoms with Crippen molar-refractivity contribution in [2.75, 3.05) is 17.7 Å². The molecule has 3 N–H and O–H groups in total. The van der Waals surface area contributed by atoms with Crippen molar-refractivity contribution in [1.29, 1.82) is 0 Å². The van der Waals surface area contributed by atoms with Crippen molar-refractivity contribution in [2.24, 2.45) is 5.92 Å². The highest BCUT2D eigenvalue weighted by Gasteiger charge is 2.35. The van der Waals surface area contributed by atoms with Gasteiger partial charge in [0.25, 0.3) is 0 Å². The fourth-order valence-corrected chi connectivity index (χ4v) is 2.11. The molecule has 2 aromatic heterocycles. The minimum Gasteiger partial charge on any atom is -0.366 e. The molecule has 2 heterocycles. The Labute approximate surface area is 99.2 Å². The fraction of sp³-hybridized carbons (Fsp3) is 0.545. The second kappa shape index (κ2) is 3.87. The first kappa shape index (κ1) is 10.3. The SMILES string of the molecule is CCC1CC1Nc1nc(NC)nc2[nH]ncc12. The Bertz CT molecular complexity index is 534. The number of anilines is 2. The van der Waals surface area contributed by atoms with Crippen LogP contribution in [-0.2, 0) is 0 Å². The Hall–Kier alpha value is -1.85. The molecule has 2 unspecified atom stereocenters. The van der Waals surface area contributed by atoms with Gasteiger partial charge in [-0.3, -0.25) is 5.10 Å². The fourth-order valence-electron chi connectivity index (χ4n) is 2.11. The molecule has 0 radical (unpaired) electrons. The molecule has 3 rings (SSSR count). The number of H-pyrrole nitrogens is 1. The zero-order valence-corrected chi connectivity index (χ0v) is 9.99. The van der Waals surface area contributed by atoms with Crippen molar-refractivity contribution in [2.45, 2.75) is 25.8 Å². The van der Waals surface area contributed by atoms with E-state index in [0.29, 0.717) is 12.0 Å². The van der Waals surface area contributed by atoms with Gasteiger partial charge in [-0.2, -0.15) is 15.1 Å². The first-order valence-corrected chi connectivity index (χ1v) is 5.97. The van der Waals surface area contributed by atoms with Crippen LogP contribution in [0.15, 0.2) is 6.20 Å². The molecule has 0 saturated heterocycles. The predicted molar refractivity (Wildman–Crippen MR) is 67.0 cm³/mol. The van der Waals surface area contributed by atoms with Gasteiger partial charge < -0.3 is 10.6 Å². The maximum atomic E-state index is 4.45. The number of rotatable bonds is 4. The summed E-state index contributed by atoms with van der Waals surface area (Å²) in [7, 11) is 1.81. The third-order valence-corrected chi connectivity index (χ3v) is 3.30. The van der Waals surface area contributed by atoms with Crippen LogP contribution in [0.5, 0.6) is 0 Å². The van der Waals surface area contributed by atoms with E-state index in [1.807, 2.05) is 7.05 Å². The first-order valence-electron chi connectivity index (χ1n) is 5.97. The van der Waals surface area contributed by atoms with Crippen molar-refractivity contribution >= 4 is 22.8 Å². The topological polar surface area (TPSA) is 78.5 Å². The summed E-state index contributed by atoms with van der Waals surface area (Å²) in [4.78, 5) is 8.75. The van der Waals surface area contributed by atoms with Gasteiger partial charge in [-0.05, 0) is 12.3 Å². The summed E-state index contributed by atoms with van der Waals surface area (Å²) in [6.45, 7) is 2.22. The van der Waals surface area contributed by atoms with Crippen molar-refractivity contribution in [3.63, 3.8) is 0 Å². The van der Waals surface area contributed by atoms with E-state index in [4.69, 9.17) is 0 Å². The molecule has 0 spiro atoms. The van der Waals surface area contributed by atoms with Gasteiger partial charge >= 0.3 is 0 Å². The second-order valence-electron chi connectivity index (χ2n) is 4.43. The summed E-state index contributed by atoms with van der Waals surface area (Å²) in [5.74, 6) is 2.26. The molecule has 1 aliphatic rings. The van der Waals surface area contributed by atoms with Gasteiger partial charge in [0.05, 0.1) is 11.6 Å². The number of fused-ring (bicyclic) bond motifs is 1. The Morgan fingerprint density at radius 2 is 2.35 bits per heavy atom. The normalized spacial score (nSPS) is 22.7. The van der Waals surface area contributed by atoms with Crippen LogP contribution in [0, 0.1) is 5.92 Å². The van der Waals surface area contributed by atoms with Gasteiger partial charge in [-0.15, -0.1) is 0 Å². The third-order valence-electron chi connectivity index (χ3n) is 3.30. The summed E-state index contributed by atoms with van der Waals surface area (Å²) in [5, 5.41) is 14.3. The van der Waals surface area contributed by atoms with Crippen LogP contribution in [0.1, 0.15) is 19.8 Å². The lowest BCUT2D eigenvalue weighted by molar-refractivity contribution is 0.774. The Balaban J connectivity index is 1.93. The monoisotopic (exact) mass is 232 g/mol. The number of aromatic nitrogens is 4. The van der Waals surface area contributed by atoms with Crippen LogP contribution >= 0.6 is 0 Å². The largest absolute Gasteiger partial charge is 0.366 e. The molecular weight excluding hydrogens is 216 g/mol. The number of hydrogen-bond acceptors (Lipinski definition) is 5. The van der Waals surface area contributed by atoms with E-state index in [-0.39, 0.29) is 0 Å². The standard InChI is InChI=1S/C11H16N6/c1-3-6-4-8(6)14-9-7-5-13-17-10(7)16-11(12-2)15-9/h5-6,8H,3-4H2,1-2H3,(H3,12,13,14,15,16,17). The highest BCUT2D eigenvalue weighted by Crippen LogP contribution is 2.36. The molecule has 2 atom stereocenters. The van der Waals surface area contributed by atoms with Crippen molar-refractivity contribution in [1.82, 2.24) is 20.2 Å². The zero-order valence-electron chi connectivity index (χ0n) is 9.99. The maximum absolute atomic E-state index is 4.45. The van der Waals surface area contributed by atoms with E-state index >= 15 is 0 Å². The van der Waals surface area contributed by atoms with E-state index < -0.39 is 0 Å². The van der Waals surface area contributed by atoms with Gasteiger partial charge in [0.15, 0.2) is 5.65 Å². The molecule has 0 bridgehead atoms. The molecule has 2 aromatic rings. The summed E-state index contributed by atoms with van der Waals surface area (Å²) in [6.07, 6.45) is 4.21. The average Bonchev–Trinajstić information content (AvgIpc) is 2.92. The lowest BCUT2D eigenvalue weighted by Crippen LogP contribution is -2.08. The zero-order chi connectivity index (χ0) is 11.8. The molecule has 0 aromatic carbocycles. The molecule has 6 heteroatoms. The van der Waals surface area contributed by atoms with Crippen molar-refractivity contribution in [3.05, 3.63) is 6.20 Å². The van der Waals surface area contributed by atoms with Crippen LogP contribution in [0.4, 0.5) is 11.8 Å². The van der Waals surface area contributed by atoms with Crippen LogP contribution in [0.3, 0.4) is 0 Å². The van der Waals surface area contributed by atoms with E-state index in [0.717, 1.165) is 22.8 Å². The van der Waals surface area contributed by atoms with E-state index in [9.17, 15) is 0 Å². The number of nitrogens with one attached hydrogen (secondary N) is 3. The lowest BCUT2D eigenvalue weighted by Gasteiger charge is -2.07. The maximum Gasteiger partial charge on any atom is 0.226 e. The molecule has 6 nitrogen and oxygen atoms in total. The average molecular weight is 232 g/mol. The molecular formula is C11H16N6. The summed E-state index contributed by atoms with van der Waals surface area (Å²) >= 11 is 0. The smallest absolute Gasteiger partial charge is 0.226 e. The Kier molecular flexibility index (Phi) is 2.35. The molecule has 17 heavy (non-hydrogen) atoms.